The van der Waals surface area contributed by atoms with Crippen LogP contribution in [0.2, 0.25) is 0 Å². The Labute approximate surface area is 103 Å². The SMILES string of the molecule is CCCC(NC(=O)c1sccc1OC)C(=O)O. The Morgan fingerprint density at radius 3 is 2.82 bits per heavy atom. The lowest BCUT2D eigenvalue weighted by Crippen LogP contribution is -2.40. The Hall–Kier alpha value is -1.56. The van der Waals surface area contributed by atoms with Crippen molar-refractivity contribution in [1.82, 2.24) is 5.32 Å². The average Bonchev–Trinajstić information content (AvgIpc) is 2.76. The van der Waals surface area contributed by atoms with E-state index in [1.165, 1.54) is 18.4 Å². The van der Waals surface area contributed by atoms with Crippen molar-refractivity contribution in [1.29, 1.82) is 0 Å². The van der Waals surface area contributed by atoms with E-state index in [1.807, 2.05) is 6.92 Å². The van der Waals surface area contributed by atoms with E-state index in [1.54, 1.807) is 11.4 Å². The van der Waals surface area contributed by atoms with Crippen molar-refractivity contribution in [3.63, 3.8) is 0 Å². The highest BCUT2D eigenvalue weighted by Gasteiger charge is 2.22. The van der Waals surface area contributed by atoms with Crippen LogP contribution in [-0.2, 0) is 4.79 Å². The van der Waals surface area contributed by atoms with E-state index in [4.69, 9.17) is 9.84 Å². The Balaban J connectivity index is 2.73. The molecule has 0 aliphatic heterocycles. The first-order chi connectivity index (χ1) is 8.10. The number of carbonyl (C=O) groups excluding carboxylic acids is 1. The van der Waals surface area contributed by atoms with Gasteiger partial charge in [0, 0.05) is 0 Å². The van der Waals surface area contributed by atoms with Crippen molar-refractivity contribution in [3.05, 3.63) is 16.3 Å². The van der Waals surface area contributed by atoms with Crippen molar-refractivity contribution < 1.29 is 19.4 Å². The zero-order valence-electron chi connectivity index (χ0n) is 9.73. The third-order valence-electron chi connectivity index (χ3n) is 2.24. The highest BCUT2D eigenvalue weighted by molar-refractivity contribution is 7.12. The number of carboxylic acid groups (broad SMARTS) is 1. The van der Waals surface area contributed by atoms with E-state index in [9.17, 15) is 9.59 Å². The molecule has 0 radical (unpaired) electrons. The predicted octanol–water partition coefficient (Wildman–Crippen LogP) is 1.74. The third-order valence-corrected chi connectivity index (χ3v) is 3.13. The van der Waals surface area contributed by atoms with Crippen molar-refractivity contribution in [2.24, 2.45) is 0 Å². The van der Waals surface area contributed by atoms with Crippen LogP contribution in [-0.4, -0.2) is 30.1 Å². The summed E-state index contributed by atoms with van der Waals surface area (Å²) < 4.78 is 5.01. The summed E-state index contributed by atoms with van der Waals surface area (Å²) in [7, 11) is 1.47. The van der Waals surface area contributed by atoms with E-state index >= 15 is 0 Å². The lowest BCUT2D eigenvalue weighted by atomic mass is 10.1. The first kappa shape index (κ1) is 13.5. The van der Waals surface area contributed by atoms with E-state index in [0.29, 0.717) is 23.5 Å². The molecular weight excluding hydrogens is 242 g/mol. The molecule has 5 nitrogen and oxygen atoms in total. The average molecular weight is 257 g/mol. The van der Waals surface area contributed by atoms with Crippen molar-refractivity contribution in [2.75, 3.05) is 7.11 Å². The van der Waals surface area contributed by atoms with Crippen LogP contribution in [0.5, 0.6) is 5.75 Å². The molecule has 0 saturated carbocycles. The summed E-state index contributed by atoms with van der Waals surface area (Å²) in [6.45, 7) is 1.87. The molecule has 2 N–H and O–H groups in total. The number of amides is 1. The minimum absolute atomic E-state index is 0.398. The maximum Gasteiger partial charge on any atom is 0.326 e. The molecule has 1 aromatic rings. The molecule has 0 fully saturated rings. The minimum Gasteiger partial charge on any atom is -0.495 e. The molecule has 1 atom stereocenters. The fourth-order valence-corrected chi connectivity index (χ4v) is 2.15. The van der Waals surface area contributed by atoms with Crippen LogP contribution in [0.25, 0.3) is 0 Å². The summed E-state index contributed by atoms with van der Waals surface area (Å²) in [4.78, 5) is 23.1. The molecule has 1 amide bonds. The summed E-state index contributed by atoms with van der Waals surface area (Å²) in [6.07, 6.45) is 1.10. The molecule has 1 rings (SSSR count). The van der Waals surface area contributed by atoms with E-state index in [0.717, 1.165) is 0 Å². The van der Waals surface area contributed by atoms with Gasteiger partial charge in [0.15, 0.2) is 0 Å². The van der Waals surface area contributed by atoms with Crippen molar-refractivity contribution >= 4 is 23.2 Å². The summed E-state index contributed by atoms with van der Waals surface area (Å²) in [5.74, 6) is -0.957. The molecule has 1 aromatic heterocycles. The quantitative estimate of drug-likeness (QED) is 0.814. The van der Waals surface area contributed by atoms with Crippen LogP contribution in [0.3, 0.4) is 0 Å². The van der Waals surface area contributed by atoms with Crippen molar-refractivity contribution in [3.8, 4) is 5.75 Å². The number of carboxylic acids is 1. The Morgan fingerprint density at radius 1 is 1.59 bits per heavy atom. The zero-order valence-corrected chi connectivity index (χ0v) is 10.5. The maximum atomic E-state index is 11.8. The second-order valence-electron chi connectivity index (χ2n) is 3.47. The van der Waals surface area contributed by atoms with Gasteiger partial charge in [-0.25, -0.2) is 4.79 Å². The number of thiophene rings is 1. The van der Waals surface area contributed by atoms with Crippen LogP contribution < -0.4 is 10.1 Å². The first-order valence-corrected chi connectivity index (χ1v) is 6.13. The molecule has 6 heteroatoms. The number of carbonyl (C=O) groups is 2. The van der Waals surface area contributed by atoms with Gasteiger partial charge in [-0.1, -0.05) is 13.3 Å². The van der Waals surface area contributed by atoms with Gasteiger partial charge in [0.1, 0.15) is 16.7 Å². The molecule has 0 bridgehead atoms. The molecule has 0 aliphatic carbocycles. The molecule has 0 aliphatic rings. The van der Waals surface area contributed by atoms with Gasteiger partial charge in [-0.05, 0) is 17.9 Å². The zero-order chi connectivity index (χ0) is 12.8. The molecule has 94 valence electrons. The molecule has 17 heavy (non-hydrogen) atoms. The monoisotopic (exact) mass is 257 g/mol. The van der Waals surface area contributed by atoms with Gasteiger partial charge >= 0.3 is 5.97 Å². The number of ether oxygens (including phenoxy) is 1. The van der Waals surface area contributed by atoms with Crippen LogP contribution >= 0.6 is 11.3 Å². The molecule has 0 spiro atoms. The lowest BCUT2D eigenvalue weighted by Gasteiger charge is -2.13. The summed E-state index contributed by atoms with van der Waals surface area (Å²) in [5.41, 5.74) is 0. The molecule has 0 aromatic carbocycles. The standard InChI is InChI=1S/C11H15NO4S/c1-3-4-7(11(14)15)12-10(13)9-8(16-2)5-6-17-9/h5-7H,3-4H2,1-2H3,(H,12,13)(H,14,15). The van der Waals surface area contributed by atoms with Gasteiger partial charge in [0.2, 0.25) is 0 Å². The number of nitrogens with one attached hydrogen (secondary N) is 1. The number of hydrogen-bond acceptors (Lipinski definition) is 4. The van der Waals surface area contributed by atoms with E-state index in [2.05, 4.69) is 5.32 Å². The normalized spacial score (nSPS) is 11.9. The molecule has 1 unspecified atom stereocenters. The van der Waals surface area contributed by atoms with Gasteiger partial charge in [0.05, 0.1) is 7.11 Å². The van der Waals surface area contributed by atoms with Crippen LogP contribution in [0.4, 0.5) is 0 Å². The third kappa shape index (κ3) is 3.45. The van der Waals surface area contributed by atoms with Crippen LogP contribution in [0.15, 0.2) is 11.4 Å². The molecule has 1 heterocycles. The first-order valence-electron chi connectivity index (χ1n) is 5.25. The number of methoxy groups -OCH3 is 1. The fourth-order valence-electron chi connectivity index (χ4n) is 1.39. The highest BCUT2D eigenvalue weighted by atomic mass is 32.1. The lowest BCUT2D eigenvalue weighted by molar-refractivity contribution is -0.139. The Kier molecular flexibility index (Phi) is 4.96. The van der Waals surface area contributed by atoms with Gasteiger partial charge in [0.25, 0.3) is 5.91 Å². The maximum absolute atomic E-state index is 11.8. The second-order valence-corrected chi connectivity index (χ2v) is 4.39. The Bertz CT molecular complexity index is 402. The van der Waals surface area contributed by atoms with Gasteiger partial charge in [-0.3, -0.25) is 4.79 Å². The van der Waals surface area contributed by atoms with Crippen LogP contribution in [0.1, 0.15) is 29.4 Å². The smallest absolute Gasteiger partial charge is 0.326 e. The Morgan fingerprint density at radius 2 is 2.29 bits per heavy atom. The van der Waals surface area contributed by atoms with Gasteiger partial charge in [-0.15, -0.1) is 11.3 Å². The highest BCUT2D eigenvalue weighted by Crippen LogP contribution is 2.24. The van der Waals surface area contributed by atoms with Gasteiger partial charge in [-0.2, -0.15) is 0 Å². The van der Waals surface area contributed by atoms with Crippen LogP contribution in [0, 0.1) is 0 Å². The summed E-state index contributed by atoms with van der Waals surface area (Å²) in [5, 5.41) is 13.1. The fraction of sp³-hybridized carbons (Fsp3) is 0.455. The van der Waals surface area contributed by atoms with E-state index in [-0.39, 0.29) is 0 Å². The molecular formula is C11H15NO4S. The van der Waals surface area contributed by atoms with Gasteiger partial charge < -0.3 is 15.2 Å². The minimum atomic E-state index is -1.02. The molecule has 0 saturated heterocycles. The predicted molar refractivity (Wildman–Crippen MR) is 64.7 cm³/mol. The number of hydrogen-bond donors (Lipinski definition) is 2. The van der Waals surface area contributed by atoms with Crippen molar-refractivity contribution in [2.45, 2.75) is 25.8 Å². The second kappa shape index (κ2) is 6.24. The van der Waals surface area contributed by atoms with E-state index < -0.39 is 17.9 Å². The summed E-state index contributed by atoms with van der Waals surface area (Å²) in [6, 6.07) is 0.828. The topological polar surface area (TPSA) is 75.6 Å². The number of rotatable bonds is 6. The largest absolute Gasteiger partial charge is 0.495 e. The number of aliphatic carboxylic acids is 1. The summed E-state index contributed by atoms with van der Waals surface area (Å²) >= 11 is 1.22.